The highest BCUT2D eigenvalue weighted by Crippen LogP contribution is 2.21. The number of imidazole rings is 1. The summed E-state index contributed by atoms with van der Waals surface area (Å²) in [5.41, 5.74) is 0.922. The van der Waals surface area contributed by atoms with Crippen molar-refractivity contribution in [2.45, 2.75) is 6.92 Å². The van der Waals surface area contributed by atoms with Crippen LogP contribution < -0.4 is 9.64 Å². The van der Waals surface area contributed by atoms with Gasteiger partial charge in [0.2, 0.25) is 0 Å². The Morgan fingerprint density at radius 2 is 1.86 bits per heavy atom. The van der Waals surface area contributed by atoms with E-state index in [2.05, 4.69) is 20.1 Å². The van der Waals surface area contributed by atoms with E-state index in [1.807, 2.05) is 36.2 Å². The number of carbonyl (C=O) groups is 1. The van der Waals surface area contributed by atoms with E-state index in [9.17, 15) is 4.79 Å². The summed E-state index contributed by atoms with van der Waals surface area (Å²) in [6, 6.07) is 9.22. The second kappa shape index (κ2) is 8.48. The van der Waals surface area contributed by atoms with Gasteiger partial charge in [0.25, 0.3) is 5.91 Å². The zero-order valence-electron chi connectivity index (χ0n) is 16.0. The van der Waals surface area contributed by atoms with Gasteiger partial charge in [-0.3, -0.25) is 9.36 Å². The normalized spacial score (nSPS) is 14.1. The Bertz CT molecular complexity index is 969. The van der Waals surface area contributed by atoms with Gasteiger partial charge in [0.05, 0.1) is 0 Å². The second-order valence-electron chi connectivity index (χ2n) is 6.79. The van der Waals surface area contributed by atoms with E-state index in [0.29, 0.717) is 37.0 Å². The van der Waals surface area contributed by atoms with Crippen molar-refractivity contribution in [2.24, 2.45) is 0 Å². The molecule has 0 N–H and O–H groups in total. The molecule has 3 aromatic rings. The third kappa shape index (κ3) is 4.48. The Balaban J connectivity index is 1.28. The molecule has 0 atom stereocenters. The molecule has 0 saturated carbocycles. The standard InChI is InChI=1S/C20H21ClN6O2/c1-15-12-16(2-3-17(15)21)29-13-20(28)26-10-8-25(9-11-26)18-4-5-19(24-23-18)27-7-6-22-14-27/h2-7,12,14H,8-11,13H2,1H3. The maximum atomic E-state index is 12.5. The summed E-state index contributed by atoms with van der Waals surface area (Å²) in [5, 5.41) is 9.24. The number of anilines is 1. The van der Waals surface area contributed by atoms with Crippen LogP contribution in [0.1, 0.15) is 5.56 Å². The first-order valence-electron chi connectivity index (χ1n) is 9.34. The van der Waals surface area contributed by atoms with Gasteiger partial charge in [-0.25, -0.2) is 4.98 Å². The van der Waals surface area contributed by atoms with E-state index in [0.717, 1.165) is 17.2 Å². The zero-order chi connectivity index (χ0) is 20.2. The molecule has 9 heteroatoms. The molecule has 1 aliphatic rings. The number of hydrogen-bond donors (Lipinski definition) is 0. The van der Waals surface area contributed by atoms with Crippen LogP contribution in [0.2, 0.25) is 5.02 Å². The van der Waals surface area contributed by atoms with Gasteiger partial charge in [-0.05, 0) is 42.8 Å². The van der Waals surface area contributed by atoms with Crippen molar-refractivity contribution in [2.75, 3.05) is 37.7 Å². The summed E-state index contributed by atoms with van der Waals surface area (Å²) in [7, 11) is 0. The molecule has 1 fully saturated rings. The van der Waals surface area contributed by atoms with Crippen LogP contribution in [-0.4, -0.2) is 63.3 Å². The summed E-state index contributed by atoms with van der Waals surface area (Å²) < 4.78 is 7.42. The lowest BCUT2D eigenvalue weighted by Crippen LogP contribution is -2.50. The van der Waals surface area contributed by atoms with E-state index < -0.39 is 0 Å². The highest BCUT2D eigenvalue weighted by molar-refractivity contribution is 6.31. The topological polar surface area (TPSA) is 76.4 Å². The van der Waals surface area contributed by atoms with Crippen LogP contribution >= 0.6 is 11.6 Å². The van der Waals surface area contributed by atoms with E-state index in [4.69, 9.17) is 16.3 Å². The molecule has 1 aromatic carbocycles. The molecule has 1 amide bonds. The van der Waals surface area contributed by atoms with Crippen LogP contribution in [0.3, 0.4) is 0 Å². The van der Waals surface area contributed by atoms with Crippen LogP contribution in [0.5, 0.6) is 5.75 Å². The Morgan fingerprint density at radius 3 is 2.52 bits per heavy atom. The summed E-state index contributed by atoms with van der Waals surface area (Å²) in [6.45, 7) is 4.55. The average Bonchev–Trinajstić information content (AvgIpc) is 3.29. The molecule has 0 bridgehead atoms. The predicted molar refractivity (Wildman–Crippen MR) is 110 cm³/mol. The largest absolute Gasteiger partial charge is 0.484 e. The Labute approximate surface area is 173 Å². The van der Waals surface area contributed by atoms with Gasteiger partial charge in [-0.15, -0.1) is 10.2 Å². The molecule has 0 aliphatic carbocycles. The molecule has 0 unspecified atom stereocenters. The Morgan fingerprint density at radius 1 is 1.10 bits per heavy atom. The zero-order valence-corrected chi connectivity index (χ0v) is 16.8. The minimum absolute atomic E-state index is 0.0144. The molecular formula is C20H21ClN6O2. The van der Waals surface area contributed by atoms with Crippen molar-refractivity contribution >= 4 is 23.3 Å². The lowest BCUT2D eigenvalue weighted by atomic mass is 10.2. The quantitative estimate of drug-likeness (QED) is 0.640. The number of carbonyl (C=O) groups excluding carboxylic acids is 1. The van der Waals surface area contributed by atoms with Crippen LogP contribution in [-0.2, 0) is 4.79 Å². The van der Waals surface area contributed by atoms with Crippen LogP contribution in [0.15, 0.2) is 49.1 Å². The Kier molecular flexibility index (Phi) is 5.62. The summed E-state index contributed by atoms with van der Waals surface area (Å²) in [5.74, 6) is 2.13. The second-order valence-corrected chi connectivity index (χ2v) is 7.19. The number of nitrogens with zero attached hydrogens (tertiary/aromatic N) is 6. The third-order valence-corrected chi connectivity index (χ3v) is 5.28. The molecule has 0 radical (unpaired) electrons. The highest BCUT2D eigenvalue weighted by Gasteiger charge is 2.22. The molecule has 1 aliphatic heterocycles. The van der Waals surface area contributed by atoms with Crippen molar-refractivity contribution in [3.63, 3.8) is 0 Å². The maximum absolute atomic E-state index is 12.5. The van der Waals surface area contributed by atoms with Crippen LogP contribution in [0, 0.1) is 6.92 Å². The number of halogens is 1. The molecule has 1 saturated heterocycles. The number of ether oxygens (including phenoxy) is 1. The summed E-state index contributed by atoms with van der Waals surface area (Å²) in [4.78, 5) is 20.4. The average molecular weight is 413 g/mol. The lowest BCUT2D eigenvalue weighted by Gasteiger charge is -2.35. The number of aromatic nitrogens is 4. The fraction of sp³-hybridized carbons (Fsp3) is 0.300. The number of amides is 1. The molecule has 8 nitrogen and oxygen atoms in total. The highest BCUT2D eigenvalue weighted by atomic mass is 35.5. The SMILES string of the molecule is Cc1cc(OCC(=O)N2CCN(c3ccc(-n4ccnc4)nn3)CC2)ccc1Cl. The fourth-order valence-electron chi connectivity index (χ4n) is 3.15. The van der Waals surface area contributed by atoms with Gasteiger partial charge in [-0.1, -0.05) is 11.6 Å². The predicted octanol–water partition coefficient (Wildman–Crippen LogP) is 2.35. The molecule has 0 spiro atoms. The van der Waals surface area contributed by atoms with Crippen molar-refractivity contribution in [1.29, 1.82) is 0 Å². The Hall–Kier alpha value is -3.13. The lowest BCUT2D eigenvalue weighted by molar-refractivity contribution is -0.133. The van der Waals surface area contributed by atoms with Crippen molar-refractivity contribution in [3.8, 4) is 11.6 Å². The first-order valence-corrected chi connectivity index (χ1v) is 9.72. The molecular weight excluding hydrogens is 392 g/mol. The first-order chi connectivity index (χ1) is 14.1. The molecule has 4 rings (SSSR count). The van der Waals surface area contributed by atoms with E-state index >= 15 is 0 Å². The third-order valence-electron chi connectivity index (χ3n) is 4.85. The number of piperazine rings is 1. The van der Waals surface area contributed by atoms with Crippen LogP contribution in [0.4, 0.5) is 5.82 Å². The minimum atomic E-state index is -0.0289. The molecule has 2 aromatic heterocycles. The van der Waals surface area contributed by atoms with Crippen LogP contribution in [0.25, 0.3) is 5.82 Å². The van der Waals surface area contributed by atoms with Gasteiger partial charge in [0.1, 0.15) is 12.1 Å². The van der Waals surface area contributed by atoms with Gasteiger partial charge < -0.3 is 14.5 Å². The van der Waals surface area contributed by atoms with Gasteiger partial charge in [-0.2, -0.15) is 0 Å². The monoisotopic (exact) mass is 412 g/mol. The first kappa shape index (κ1) is 19.2. The van der Waals surface area contributed by atoms with Crippen molar-refractivity contribution < 1.29 is 9.53 Å². The molecule has 3 heterocycles. The van der Waals surface area contributed by atoms with E-state index in [1.165, 1.54) is 0 Å². The van der Waals surface area contributed by atoms with Crippen molar-refractivity contribution in [1.82, 2.24) is 24.6 Å². The summed E-state index contributed by atoms with van der Waals surface area (Å²) in [6.07, 6.45) is 5.20. The number of aryl methyl sites for hydroxylation is 1. The van der Waals surface area contributed by atoms with E-state index in [1.54, 1.807) is 29.2 Å². The minimum Gasteiger partial charge on any atom is -0.484 e. The maximum Gasteiger partial charge on any atom is 0.260 e. The van der Waals surface area contributed by atoms with Crippen molar-refractivity contribution in [3.05, 3.63) is 59.6 Å². The van der Waals surface area contributed by atoms with E-state index in [-0.39, 0.29) is 12.5 Å². The van der Waals surface area contributed by atoms with Gasteiger partial charge >= 0.3 is 0 Å². The number of rotatable bonds is 5. The summed E-state index contributed by atoms with van der Waals surface area (Å²) >= 11 is 6.01. The smallest absolute Gasteiger partial charge is 0.260 e. The number of benzene rings is 1. The van der Waals surface area contributed by atoms with Gasteiger partial charge in [0.15, 0.2) is 18.2 Å². The number of hydrogen-bond acceptors (Lipinski definition) is 6. The van der Waals surface area contributed by atoms with Gasteiger partial charge in [0, 0.05) is 43.6 Å². The molecule has 29 heavy (non-hydrogen) atoms. The molecule has 150 valence electrons. The fourth-order valence-corrected chi connectivity index (χ4v) is 3.27.